The Kier molecular flexibility index (Phi) is 5.12. The molecule has 0 aliphatic carbocycles. The van der Waals surface area contributed by atoms with Gasteiger partial charge in [-0.25, -0.2) is 4.98 Å². The Balaban J connectivity index is 1.73. The molecular weight excluding hydrogens is 298 g/mol. The van der Waals surface area contributed by atoms with Crippen LogP contribution in [0.15, 0.2) is 48.7 Å². The molecule has 0 bridgehead atoms. The molecule has 4 nitrogen and oxygen atoms in total. The lowest BCUT2D eigenvalue weighted by Gasteiger charge is -2.42. The summed E-state index contributed by atoms with van der Waals surface area (Å²) in [6.07, 6.45) is 5.69. The molecule has 1 aliphatic rings. The Hall–Kier alpha value is -2.38. The van der Waals surface area contributed by atoms with Gasteiger partial charge in [0.15, 0.2) is 0 Å². The quantitative estimate of drug-likeness (QED) is 0.919. The summed E-state index contributed by atoms with van der Waals surface area (Å²) in [6, 6.07) is 16.2. The van der Waals surface area contributed by atoms with Crippen molar-refractivity contribution in [1.82, 2.24) is 4.98 Å². The first kappa shape index (κ1) is 16.5. The van der Waals surface area contributed by atoms with Crippen LogP contribution >= 0.6 is 0 Å². The molecule has 3 rings (SSSR count). The molecular formula is C20H23N3O. The fourth-order valence-corrected chi connectivity index (χ4v) is 3.53. The molecule has 0 radical (unpaired) electrons. The predicted octanol–water partition coefficient (Wildman–Crippen LogP) is 3.16. The van der Waals surface area contributed by atoms with E-state index in [1.807, 2.05) is 12.1 Å². The molecule has 0 amide bonds. The van der Waals surface area contributed by atoms with E-state index in [-0.39, 0.29) is 12.0 Å². The minimum absolute atomic E-state index is 0.0988. The van der Waals surface area contributed by atoms with Crippen LogP contribution in [0.5, 0.6) is 0 Å². The van der Waals surface area contributed by atoms with Crippen molar-refractivity contribution < 1.29 is 5.11 Å². The van der Waals surface area contributed by atoms with Crippen LogP contribution in [-0.4, -0.2) is 29.8 Å². The van der Waals surface area contributed by atoms with Crippen molar-refractivity contribution >= 4 is 5.82 Å². The summed E-state index contributed by atoms with van der Waals surface area (Å²) < 4.78 is 0. The second-order valence-corrected chi connectivity index (χ2v) is 6.68. The Morgan fingerprint density at radius 2 is 2.08 bits per heavy atom. The van der Waals surface area contributed by atoms with Crippen molar-refractivity contribution in [3.8, 4) is 6.07 Å². The third kappa shape index (κ3) is 3.74. The van der Waals surface area contributed by atoms with E-state index in [2.05, 4.69) is 40.2 Å². The smallest absolute Gasteiger partial charge is 0.129 e. The van der Waals surface area contributed by atoms with E-state index in [0.29, 0.717) is 5.56 Å². The highest BCUT2D eigenvalue weighted by molar-refractivity contribution is 5.45. The molecule has 0 spiro atoms. The molecule has 2 aromatic rings. The molecule has 1 fully saturated rings. The first-order valence-corrected chi connectivity index (χ1v) is 8.51. The van der Waals surface area contributed by atoms with E-state index in [1.165, 1.54) is 5.56 Å². The Bertz CT molecular complexity index is 710. The third-order valence-corrected chi connectivity index (χ3v) is 4.98. The number of anilines is 1. The van der Waals surface area contributed by atoms with Gasteiger partial charge >= 0.3 is 0 Å². The molecule has 124 valence electrons. The number of aromatic nitrogens is 1. The van der Waals surface area contributed by atoms with Crippen molar-refractivity contribution in [2.75, 3.05) is 24.6 Å². The summed E-state index contributed by atoms with van der Waals surface area (Å²) in [5.41, 5.74) is 1.84. The highest BCUT2D eigenvalue weighted by Gasteiger charge is 2.35. The number of nitrogens with zero attached hydrogens (tertiary/aromatic N) is 3. The van der Waals surface area contributed by atoms with Gasteiger partial charge in [0.05, 0.1) is 18.2 Å². The summed E-state index contributed by atoms with van der Waals surface area (Å²) in [4.78, 5) is 6.64. The van der Waals surface area contributed by atoms with Crippen LogP contribution in [0.25, 0.3) is 0 Å². The minimum Gasteiger partial charge on any atom is -0.396 e. The lowest BCUT2D eigenvalue weighted by Crippen LogP contribution is -2.46. The standard InChI is InChI=1S/C20H23N3O/c21-14-18-8-11-22-19(13-18)23-12-4-9-20(15-23,16-24)10-7-17-5-2-1-3-6-17/h1-3,5-6,8,11,13,24H,4,7,9-10,12,15-16H2/t20-/m0/s1. The lowest BCUT2D eigenvalue weighted by atomic mass is 9.76. The van der Waals surface area contributed by atoms with E-state index >= 15 is 0 Å². The molecule has 1 atom stereocenters. The number of hydrogen-bond donors (Lipinski definition) is 1. The number of aliphatic hydroxyl groups is 1. The molecule has 0 unspecified atom stereocenters. The van der Waals surface area contributed by atoms with Gasteiger partial charge in [-0.05, 0) is 43.4 Å². The zero-order chi connectivity index (χ0) is 16.8. The second-order valence-electron chi connectivity index (χ2n) is 6.68. The van der Waals surface area contributed by atoms with Crippen LogP contribution in [0, 0.1) is 16.7 Å². The largest absolute Gasteiger partial charge is 0.396 e. The molecule has 1 aromatic heterocycles. The first-order chi connectivity index (χ1) is 11.7. The molecule has 1 N–H and O–H groups in total. The SMILES string of the molecule is N#Cc1ccnc(N2CCC[C@](CO)(CCc3ccccc3)C2)c1. The number of rotatable bonds is 5. The molecule has 4 heteroatoms. The normalized spacial score (nSPS) is 20.6. The fourth-order valence-electron chi connectivity index (χ4n) is 3.53. The number of benzene rings is 1. The maximum absolute atomic E-state index is 10.1. The molecule has 24 heavy (non-hydrogen) atoms. The zero-order valence-corrected chi connectivity index (χ0v) is 13.9. The summed E-state index contributed by atoms with van der Waals surface area (Å²) in [5, 5.41) is 19.2. The lowest BCUT2D eigenvalue weighted by molar-refractivity contribution is 0.0963. The summed E-state index contributed by atoms with van der Waals surface area (Å²) in [6.45, 7) is 1.90. The van der Waals surface area contributed by atoms with E-state index in [0.717, 1.165) is 44.6 Å². The second kappa shape index (κ2) is 7.46. The number of aryl methyl sites for hydroxylation is 1. The van der Waals surface area contributed by atoms with Gasteiger partial charge in [0.1, 0.15) is 5.82 Å². The highest BCUT2D eigenvalue weighted by atomic mass is 16.3. The van der Waals surface area contributed by atoms with Crippen LogP contribution in [0.4, 0.5) is 5.82 Å². The highest BCUT2D eigenvalue weighted by Crippen LogP contribution is 2.36. The molecule has 1 aliphatic heterocycles. The van der Waals surface area contributed by atoms with Crippen LogP contribution in [0.1, 0.15) is 30.4 Å². The van der Waals surface area contributed by atoms with Crippen molar-refractivity contribution in [3.05, 3.63) is 59.8 Å². The number of hydrogen-bond acceptors (Lipinski definition) is 4. The average Bonchev–Trinajstić information content (AvgIpc) is 2.67. The maximum Gasteiger partial charge on any atom is 0.129 e. The molecule has 0 saturated carbocycles. The Labute approximate surface area is 143 Å². The van der Waals surface area contributed by atoms with Gasteiger partial charge in [-0.3, -0.25) is 0 Å². The topological polar surface area (TPSA) is 60.2 Å². The fraction of sp³-hybridized carbons (Fsp3) is 0.400. The van der Waals surface area contributed by atoms with Crippen molar-refractivity contribution in [2.24, 2.45) is 5.41 Å². The van der Waals surface area contributed by atoms with Crippen LogP contribution < -0.4 is 4.90 Å². The van der Waals surface area contributed by atoms with Crippen molar-refractivity contribution in [3.63, 3.8) is 0 Å². The summed E-state index contributed by atoms with van der Waals surface area (Å²) in [7, 11) is 0. The maximum atomic E-state index is 10.1. The molecule has 1 aromatic carbocycles. The van der Waals surface area contributed by atoms with Crippen molar-refractivity contribution in [1.29, 1.82) is 5.26 Å². The molecule has 2 heterocycles. The molecule has 1 saturated heterocycles. The van der Waals surface area contributed by atoms with Crippen LogP contribution in [-0.2, 0) is 6.42 Å². The monoisotopic (exact) mass is 321 g/mol. The van der Waals surface area contributed by atoms with Gasteiger partial charge < -0.3 is 10.0 Å². The first-order valence-electron chi connectivity index (χ1n) is 8.51. The number of pyridine rings is 1. The Morgan fingerprint density at radius 3 is 2.83 bits per heavy atom. The van der Waals surface area contributed by atoms with Gasteiger partial charge in [-0.2, -0.15) is 5.26 Å². The van der Waals surface area contributed by atoms with E-state index in [4.69, 9.17) is 5.26 Å². The predicted molar refractivity (Wildman–Crippen MR) is 94.7 cm³/mol. The van der Waals surface area contributed by atoms with Gasteiger partial charge in [0.25, 0.3) is 0 Å². The summed E-state index contributed by atoms with van der Waals surface area (Å²) in [5.74, 6) is 0.839. The van der Waals surface area contributed by atoms with Gasteiger partial charge in [-0.15, -0.1) is 0 Å². The number of piperidine rings is 1. The van der Waals surface area contributed by atoms with Crippen LogP contribution in [0.3, 0.4) is 0 Å². The third-order valence-electron chi connectivity index (χ3n) is 4.98. The number of nitriles is 1. The number of aliphatic hydroxyl groups excluding tert-OH is 1. The van der Waals surface area contributed by atoms with E-state index in [9.17, 15) is 5.11 Å². The van der Waals surface area contributed by atoms with E-state index < -0.39 is 0 Å². The zero-order valence-electron chi connectivity index (χ0n) is 13.9. The average molecular weight is 321 g/mol. The van der Waals surface area contributed by atoms with Gasteiger partial charge in [-0.1, -0.05) is 30.3 Å². The van der Waals surface area contributed by atoms with E-state index in [1.54, 1.807) is 12.3 Å². The van der Waals surface area contributed by atoms with Crippen LogP contribution in [0.2, 0.25) is 0 Å². The van der Waals surface area contributed by atoms with Gasteiger partial charge in [0, 0.05) is 24.7 Å². The Morgan fingerprint density at radius 1 is 1.25 bits per heavy atom. The van der Waals surface area contributed by atoms with Gasteiger partial charge in [0.2, 0.25) is 0 Å². The van der Waals surface area contributed by atoms with Crippen molar-refractivity contribution in [2.45, 2.75) is 25.7 Å². The summed E-state index contributed by atoms with van der Waals surface area (Å²) >= 11 is 0. The minimum atomic E-state index is -0.0988.